The van der Waals surface area contributed by atoms with Gasteiger partial charge >= 0.3 is 0 Å². The van der Waals surface area contributed by atoms with Crippen LogP contribution in [-0.4, -0.2) is 19.1 Å². The van der Waals surface area contributed by atoms with E-state index < -0.39 is 0 Å². The Balaban J connectivity index is 2.21. The Bertz CT molecular complexity index is 415. The SMILES string of the molecule is NC/C=C/c1cccc(N2OCCC2=O)c1. The van der Waals surface area contributed by atoms with Gasteiger partial charge in [-0.15, -0.1) is 0 Å². The third-order valence-electron chi connectivity index (χ3n) is 2.31. The molecule has 2 N–H and O–H groups in total. The van der Waals surface area contributed by atoms with E-state index in [4.69, 9.17) is 10.6 Å². The molecule has 0 atom stereocenters. The number of nitrogens with two attached hydrogens (primary N) is 1. The molecule has 1 aliphatic rings. The van der Waals surface area contributed by atoms with Crippen LogP contribution in [0.2, 0.25) is 0 Å². The van der Waals surface area contributed by atoms with Crippen LogP contribution in [0, 0.1) is 0 Å². The van der Waals surface area contributed by atoms with E-state index in [1.165, 1.54) is 5.06 Å². The van der Waals surface area contributed by atoms with Crippen molar-refractivity contribution in [3.8, 4) is 0 Å². The van der Waals surface area contributed by atoms with Crippen LogP contribution in [0.4, 0.5) is 5.69 Å². The minimum absolute atomic E-state index is 0.0000422. The summed E-state index contributed by atoms with van der Waals surface area (Å²) in [5, 5.41) is 1.35. The molecule has 1 aliphatic heterocycles. The zero-order valence-corrected chi connectivity index (χ0v) is 8.93. The van der Waals surface area contributed by atoms with Crippen molar-refractivity contribution in [1.82, 2.24) is 0 Å². The Morgan fingerprint density at radius 2 is 2.38 bits per heavy atom. The lowest BCUT2D eigenvalue weighted by molar-refractivity contribution is -0.119. The molecule has 4 nitrogen and oxygen atoms in total. The van der Waals surface area contributed by atoms with Gasteiger partial charge in [-0.3, -0.25) is 9.63 Å². The second-order valence-electron chi connectivity index (χ2n) is 3.50. The number of anilines is 1. The Morgan fingerprint density at radius 1 is 1.50 bits per heavy atom. The number of carbonyl (C=O) groups excluding carboxylic acids is 1. The smallest absolute Gasteiger partial charge is 0.253 e. The molecule has 4 heteroatoms. The summed E-state index contributed by atoms with van der Waals surface area (Å²) < 4.78 is 0. The van der Waals surface area contributed by atoms with Gasteiger partial charge in [0, 0.05) is 6.54 Å². The zero-order valence-electron chi connectivity index (χ0n) is 8.93. The van der Waals surface area contributed by atoms with Crippen molar-refractivity contribution < 1.29 is 9.63 Å². The summed E-state index contributed by atoms with van der Waals surface area (Å²) in [6.07, 6.45) is 4.23. The Labute approximate surface area is 94.3 Å². The highest BCUT2D eigenvalue weighted by Gasteiger charge is 2.23. The summed E-state index contributed by atoms with van der Waals surface area (Å²) in [7, 11) is 0. The van der Waals surface area contributed by atoms with E-state index in [0.717, 1.165) is 11.3 Å². The van der Waals surface area contributed by atoms with Crippen molar-refractivity contribution in [3.05, 3.63) is 35.9 Å². The average Bonchev–Trinajstić information content (AvgIpc) is 2.73. The van der Waals surface area contributed by atoms with Crippen LogP contribution in [0.15, 0.2) is 30.3 Å². The molecular formula is C12H14N2O2. The van der Waals surface area contributed by atoms with E-state index in [-0.39, 0.29) is 5.91 Å². The van der Waals surface area contributed by atoms with Gasteiger partial charge in [0.05, 0.1) is 18.7 Å². The highest BCUT2D eigenvalue weighted by atomic mass is 16.7. The van der Waals surface area contributed by atoms with Crippen molar-refractivity contribution in [3.63, 3.8) is 0 Å². The molecule has 16 heavy (non-hydrogen) atoms. The van der Waals surface area contributed by atoms with E-state index in [0.29, 0.717) is 19.6 Å². The van der Waals surface area contributed by atoms with Crippen molar-refractivity contribution in [2.24, 2.45) is 5.73 Å². The number of hydroxylamine groups is 1. The Morgan fingerprint density at radius 3 is 3.06 bits per heavy atom. The molecule has 1 amide bonds. The standard InChI is InChI=1S/C12H14N2O2/c13-7-2-4-10-3-1-5-11(9-10)14-12(15)6-8-16-14/h1-5,9H,6-8,13H2/b4-2+. The van der Waals surface area contributed by atoms with E-state index in [9.17, 15) is 4.79 Å². The lowest BCUT2D eigenvalue weighted by atomic mass is 10.2. The van der Waals surface area contributed by atoms with Crippen LogP contribution < -0.4 is 10.8 Å². The molecule has 0 radical (unpaired) electrons. The van der Waals surface area contributed by atoms with Gasteiger partial charge in [0.15, 0.2) is 0 Å². The number of amides is 1. The van der Waals surface area contributed by atoms with Gasteiger partial charge in [-0.1, -0.05) is 24.3 Å². The van der Waals surface area contributed by atoms with Gasteiger partial charge in [-0.05, 0) is 17.7 Å². The van der Waals surface area contributed by atoms with Crippen molar-refractivity contribution in [1.29, 1.82) is 0 Å². The minimum Gasteiger partial charge on any atom is -0.327 e. The third-order valence-corrected chi connectivity index (χ3v) is 2.31. The first-order chi connectivity index (χ1) is 7.81. The first-order valence-electron chi connectivity index (χ1n) is 5.24. The molecule has 0 unspecified atom stereocenters. The molecule has 2 rings (SSSR count). The van der Waals surface area contributed by atoms with Gasteiger partial charge in [-0.25, -0.2) is 0 Å². The largest absolute Gasteiger partial charge is 0.327 e. The van der Waals surface area contributed by atoms with E-state index in [1.807, 2.05) is 36.4 Å². The molecule has 0 saturated carbocycles. The summed E-state index contributed by atoms with van der Waals surface area (Å²) in [4.78, 5) is 16.7. The summed E-state index contributed by atoms with van der Waals surface area (Å²) in [5.74, 6) is -0.0000422. The third kappa shape index (κ3) is 2.29. The van der Waals surface area contributed by atoms with Crippen LogP contribution in [0.1, 0.15) is 12.0 Å². The number of nitrogens with zero attached hydrogens (tertiary/aromatic N) is 1. The number of hydrogen-bond acceptors (Lipinski definition) is 3. The fraction of sp³-hybridized carbons (Fsp3) is 0.250. The van der Waals surface area contributed by atoms with Gasteiger partial charge in [0.25, 0.3) is 5.91 Å². The maximum Gasteiger partial charge on any atom is 0.253 e. The molecule has 0 bridgehead atoms. The van der Waals surface area contributed by atoms with Gasteiger partial charge < -0.3 is 5.73 Å². The van der Waals surface area contributed by atoms with Crippen LogP contribution in [0.5, 0.6) is 0 Å². The van der Waals surface area contributed by atoms with E-state index in [2.05, 4.69) is 0 Å². The van der Waals surface area contributed by atoms with Crippen molar-refractivity contribution in [2.75, 3.05) is 18.2 Å². The van der Waals surface area contributed by atoms with Crippen molar-refractivity contribution >= 4 is 17.7 Å². The second-order valence-corrected chi connectivity index (χ2v) is 3.50. The normalized spacial score (nSPS) is 16.3. The molecule has 1 fully saturated rings. The number of hydrogen-bond donors (Lipinski definition) is 1. The summed E-state index contributed by atoms with van der Waals surface area (Å²) in [6.45, 7) is 0.963. The van der Waals surface area contributed by atoms with Crippen LogP contribution >= 0.6 is 0 Å². The second kappa shape index (κ2) is 4.92. The van der Waals surface area contributed by atoms with Crippen molar-refractivity contribution in [2.45, 2.75) is 6.42 Å². The maximum atomic E-state index is 11.5. The highest BCUT2D eigenvalue weighted by Crippen LogP contribution is 2.21. The van der Waals surface area contributed by atoms with Crippen LogP contribution in [-0.2, 0) is 9.63 Å². The van der Waals surface area contributed by atoms with Crippen LogP contribution in [0.25, 0.3) is 6.08 Å². The maximum absolute atomic E-state index is 11.5. The summed E-state index contributed by atoms with van der Waals surface area (Å²) >= 11 is 0. The Kier molecular flexibility index (Phi) is 3.34. The average molecular weight is 218 g/mol. The van der Waals surface area contributed by atoms with E-state index >= 15 is 0 Å². The predicted molar refractivity (Wildman–Crippen MR) is 62.6 cm³/mol. The number of carbonyl (C=O) groups is 1. The first-order valence-corrected chi connectivity index (χ1v) is 5.24. The molecule has 1 aromatic carbocycles. The number of benzene rings is 1. The Hall–Kier alpha value is -1.65. The molecule has 0 spiro atoms. The van der Waals surface area contributed by atoms with Crippen LogP contribution in [0.3, 0.4) is 0 Å². The monoisotopic (exact) mass is 218 g/mol. The lowest BCUT2D eigenvalue weighted by Crippen LogP contribution is -2.22. The highest BCUT2D eigenvalue weighted by molar-refractivity contribution is 5.93. The predicted octanol–water partition coefficient (Wildman–Crippen LogP) is 1.33. The fourth-order valence-electron chi connectivity index (χ4n) is 1.58. The summed E-state index contributed by atoms with van der Waals surface area (Å²) in [5.41, 5.74) is 7.15. The quantitative estimate of drug-likeness (QED) is 0.832. The van der Waals surface area contributed by atoms with Gasteiger partial charge in [0.2, 0.25) is 0 Å². The minimum atomic E-state index is -0.0000422. The molecule has 1 heterocycles. The van der Waals surface area contributed by atoms with Gasteiger partial charge in [-0.2, -0.15) is 5.06 Å². The zero-order chi connectivity index (χ0) is 11.4. The molecule has 84 valence electrons. The topological polar surface area (TPSA) is 55.6 Å². The first kappa shape index (κ1) is 10.9. The molecular weight excluding hydrogens is 204 g/mol. The molecule has 0 aliphatic carbocycles. The molecule has 1 saturated heterocycles. The molecule has 1 aromatic rings. The van der Waals surface area contributed by atoms with E-state index in [1.54, 1.807) is 0 Å². The molecule has 0 aromatic heterocycles. The van der Waals surface area contributed by atoms with Gasteiger partial charge in [0.1, 0.15) is 0 Å². The fourth-order valence-corrected chi connectivity index (χ4v) is 1.58. The lowest BCUT2D eigenvalue weighted by Gasteiger charge is -2.14. The summed E-state index contributed by atoms with van der Waals surface area (Å²) in [6, 6.07) is 7.59. The number of rotatable bonds is 3.